The molecule has 4 heteroatoms. The van der Waals surface area contributed by atoms with Crippen LogP contribution in [0.5, 0.6) is 0 Å². The average molecular weight is 292 g/mol. The smallest absolute Gasteiger partial charge is 0.0359 e. The van der Waals surface area contributed by atoms with Crippen molar-refractivity contribution in [1.29, 1.82) is 0 Å². The Morgan fingerprint density at radius 3 is 2.38 bits per heavy atom. The molecule has 0 aromatic carbocycles. The fourth-order valence-corrected chi connectivity index (χ4v) is 5.55. The van der Waals surface area contributed by atoms with Gasteiger partial charge in [-0.1, -0.05) is 0 Å². The van der Waals surface area contributed by atoms with Crippen molar-refractivity contribution in [2.75, 3.05) is 45.8 Å². The summed E-state index contributed by atoms with van der Waals surface area (Å²) in [7, 11) is 0. The molecule has 21 heavy (non-hydrogen) atoms. The summed E-state index contributed by atoms with van der Waals surface area (Å²) >= 11 is 0. The fourth-order valence-electron chi connectivity index (χ4n) is 5.55. The van der Waals surface area contributed by atoms with Crippen LogP contribution in [0, 0.1) is 0 Å². The Hall–Kier alpha value is -0.160. The van der Waals surface area contributed by atoms with Crippen LogP contribution in [0.3, 0.4) is 0 Å². The number of fused-ring (bicyclic) bond motifs is 2. The molecule has 4 aliphatic heterocycles. The van der Waals surface area contributed by atoms with E-state index in [0.717, 1.165) is 18.6 Å². The Morgan fingerprint density at radius 2 is 1.57 bits per heavy atom. The fraction of sp³-hybridized carbons (Fsp3) is 1.00. The minimum absolute atomic E-state index is 0.310. The van der Waals surface area contributed by atoms with E-state index in [4.69, 9.17) is 5.73 Å². The molecular formula is C17H32N4. The number of nitrogens with zero attached hydrogens (tertiary/aromatic N) is 3. The molecule has 0 radical (unpaired) electrons. The van der Waals surface area contributed by atoms with Crippen molar-refractivity contribution in [2.24, 2.45) is 5.73 Å². The third-order valence-electron chi connectivity index (χ3n) is 6.83. The molecule has 0 aromatic heterocycles. The lowest BCUT2D eigenvalue weighted by Crippen LogP contribution is -2.62. The van der Waals surface area contributed by atoms with Crippen molar-refractivity contribution in [3.63, 3.8) is 0 Å². The maximum Gasteiger partial charge on any atom is 0.0359 e. The molecule has 4 rings (SSSR count). The van der Waals surface area contributed by atoms with E-state index in [-0.39, 0.29) is 0 Å². The molecule has 4 fully saturated rings. The van der Waals surface area contributed by atoms with Gasteiger partial charge < -0.3 is 10.6 Å². The van der Waals surface area contributed by atoms with Crippen LogP contribution in [0.2, 0.25) is 0 Å². The molecule has 3 atom stereocenters. The third-order valence-corrected chi connectivity index (χ3v) is 6.83. The minimum Gasteiger partial charge on any atom is -0.329 e. The largest absolute Gasteiger partial charge is 0.329 e. The molecule has 0 bridgehead atoms. The summed E-state index contributed by atoms with van der Waals surface area (Å²) in [6.45, 7) is 8.70. The van der Waals surface area contributed by atoms with Crippen molar-refractivity contribution in [1.82, 2.24) is 14.7 Å². The van der Waals surface area contributed by atoms with Gasteiger partial charge in [0.05, 0.1) is 0 Å². The van der Waals surface area contributed by atoms with Crippen molar-refractivity contribution < 1.29 is 0 Å². The van der Waals surface area contributed by atoms with Crippen LogP contribution in [0.1, 0.15) is 44.9 Å². The van der Waals surface area contributed by atoms with E-state index in [9.17, 15) is 0 Å². The number of hydrogen-bond acceptors (Lipinski definition) is 4. The van der Waals surface area contributed by atoms with Gasteiger partial charge in [0.25, 0.3) is 0 Å². The second-order valence-corrected chi connectivity index (χ2v) is 7.85. The molecule has 0 saturated carbocycles. The summed E-state index contributed by atoms with van der Waals surface area (Å²) < 4.78 is 0. The zero-order valence-corrected chi connectivity index (χ0v) is 13.5. The molecule has 3 unspecified atom stereocenters. The van der Waals surface area contributed by atoms with Crippen molar-refractivity contribution in [3.05, 3.63) is 0 Å². The predicted molar refractivity (Wildman–Crippen MR) is 86.4 cm³/mol. The number of rotatable bonds is 2. The van der Waals surface area contributed by atoms with E-state index in [1.807, 2.05) is 0 Å². The Kier molecular flexibility index (Phi) is 3.99. The third kappa shape index (κ3) is 2.54. The van der Waals surface area contributed by atoms with Gasteiger partial charge in [0.2, 0.25) is 0 Å². The molecule has 4 heterocycles. The monoisotopic (exact) mass is 292 g/mol. The topological polar surface area (TPSA) is 35.7 Å². The predicted octanol–water partition coefficient (Wildman–Crippen LogP) is 1.11. The van der Waals surface area contributed by atoms with E-state index in [1.165, 1.54) is 84.2 Å². The highest BCUT2D eigenvalue weighted by Crippen LogP contribution is 2.38. The highest BCUT2D eigenvalue weighted by atomic mass is 15.3. The van der Waals surface area contributed by atoms with Gasteiger partial charge in [-0.05, 0) is 64.6 Å². The highest BCUT2D eigenvalue weighted by Gasteiger charge is 2.45. The van der Waals surface area contributed by atoms with Crippen LogP contribution in [-0.4, -0.2) is 78.1 Å². The normalized spacial score (nSPS) is 42.7. The van der Waals surface area contributed by atoms with E-state index < -0.39 is 0 Å². The molecule has 4 aliphatic rings. The molecule has 0 amide bonds. The number of hydrogen-bond donors (Lipinski definition) is 1. The van der Waals surface area contributed by atoms with Gasteiger partial charge in [-0.3, -0.25) is 9.80 Å². The summed E-state index contributed by atoms with van der Waals surface area (Å²) in [4.78, 5) is 8.31. The van der Waals surface area contributed by atoms with Crippen molar-refractivity contribution in [3.8, 4) is 0 Å². The van der Waals surface area contributed by atoms with Gasteiger partial charge in [0, 0.05) is 43.8 Å². The molecule has 120 valence electrons. The zero-order chi connectivity index (χ0) is 14.3. The summed E-state index contributed by atoms with van der Waals surface area (Å²) in [5.41, 5.74) is 6.68. The SMILES string of the molecule is NCC1(N2CCCN3CCCC3C2)CCN2CCCC2C1. The van der Waals surface area contributed by atoms with Crippen LogP contribution < -0.4 is 5.73 Å². The minimum atomic E-state index is 0.310. The van der Waals surface area contributed by atoms with Crippen molar-refractivity contribution >= 4 is 0 Å². The second kappa shape index (κ2) is 5.80. The maximum atomic E-state index is 6.37. The van der Waals surface area contributed by atoms with Gasteiger partial charge in [-0.25, -0.2) is 0 Å². The first-order valence-corrected chi connectivity index (χ1v) is 9.24. The molecular weight excluding hydrogens is 260 g/mol. The molecule has 4 saturated heterocycles. The Balaban J connectivity index is 1.51. The number of nitrogens with two attached hydrogens (primary N) is 1. The zero-order valence-electron chi connectivity index (χ0n) is 13.5. The van der Waals surface area contributed by atoms with Gasteiger partial charge in [-0.15, -0.1) is 0 Å². The van der Waals surface area contributed by atoms with Crippen molar-refractivity contribution in [2.45, 2.75) is 62.6 Å². The highest BCUT2D eigenvalue weighted by molar-refractivity contribution is 5.03. The van der Waals surface area contributed by atoms with Crippen LogP contribution >= 0.6 is 0 Å². The van der Waals surface area contributed by atoms with Crippen LogP contribution in [0.25, 0.3) is 0 Å². The quantitative estimate of drug-likeness (QED) is 0.827. The summed E-state index contributed by atoms with van der Waals surface area (Å²) in [6.07, 6.45) is 9.60. The van der Waals surface area contributed by atoms with Gasteiger partial charge in [-0.2, -0.15) is 0 Å². The van der Waals surface area contributed by atoms with E-state index >= 15 is 0 Å². The standard InChI is InChI=1S/C17H32N4/c18-14-17(6-11-20-8-1-4-15(20)12-17)21-10-3-9-19-7-2-5-16(19)13-21/h15-16H,1-14,18H2. The molecule has 4 nitrogen and oxygen atoms in total. The van der Waals surface area contributed by atoms with Crippen LogP contribution in [0.4, 0.5) is 0 Å². The Morgan fingerprint density at radius 1 is 0.857 bits per heavy atom. The lowest BCUT2D eigenvalue weighted by molar-refractivity contribution is 0.00683. The Labute approximate surface area is 129 Å². The van der Waals surface area contributed by atoms with Gasteiger partial charge in [0.15, 0.2) is 0 Å². The van der Waals surface area contributed by atoms with Gasteiger partial charge >= 0.3 is 0 Å². The first-order chi connectivity index (χ1) is 10.3. The molecule has 0 aliphatic carbocycles. The lowest BCUT2D eigenvalue weighted by Gasteiger charge is -2.50. The van der Waals surface area contributed by atoms with Crippen LogP contribution in [0.15, 0.2) is 0 Å². The summed E-state index contributed by atoms with van der Waals surface area (Å²) in [6, 6.07) is 1.64. The lowest BCUT2D eigenvalue weighted by atomic mass is 9.81. The van der Waals surface area contributed by atoms with E-state index in [2.05, 4.69) is 14.7 Å². The van der Waals surface area contributed by atoms with Gasteiger partial charge in [0.1, 0.15) is 0 Å². The molecule has 0 spiro atoms. The first kappa shape index (κ1) is 14.4. The summed E-state index contributed by atoms with van der Waals surface area (Å²) in [5.74, 6) is 0. The average Bonchev–Trinajstić information content (AvgIpc) is 3.10. The van der Waals surface area contributed by atoms with E-state index in [1.54, 1.807) is 0 Å². The summed E-state index contributed by atoms with van der Waals surface area (Å²) in [5, 5.41) is 0. The second-order valence-electron chi connectivity index (χ2n) is 7.85. The Bertz CT molecular complexity index is 374. The van der Waals surface area contributed by atoms with E-state index in [0.29, 0.717) is 5.54 Å². The van der Waals surface area contributed by atoms with Crippen LogP contribution in [-0.2, 0) is 0 Å². The first-order valence-electron chi connectivity index (χ1n) is 9.24. The number of piperidine rings is 1. The maximum absolute atomic E-state index is 6.37. The molecule has 2 N–H and O–H groups in total. The molecule has 0 aromatic rings.